The molecule has 0 aromatic carbocycles. The van der Waals surface area contributed by atoms with Crippen LogP contribution in [0.4, 0.5) is 0 Å². The number of ether oxygens (including phenoxy) is 1. The van der Waals surface area contributed by atoms with Crippen LogP contribution in [-0.2, 0) is 14.3 Å². The zero-order valence-electron chi connectivity index (χ0n) is 8.29. The minimum Gasteiger partial charge on any atom is -0.478 e. The number of epoxide rings is 1. The predicted octanol–water partition coefficient (Wildman–Crippen LogP) is -0.132. The van der Waals surface area contributed by atoms with E-state index in [0.29, 0.717) is 12.2 Å². The fourth-order valence-electron chi connectivity index (χ4n) is 0.683. The Morgan fingerprint density at radius 3 is 1.93 bits per heavy atom. The van der Waals surface area contributed by atoms with E-state index in [2.05, 4.69) is 0 Å². The molecule has 0 saturated carbocycles. The van der Waals surface area contributed by atoms with E-state index in [1.165, 1.54) is 0 Å². The highest BCUT2D eigenvalue weighted by Gasteiger charge is 2.29. The van der Waals surface area contributed by atoms with Crippen LogP contribution in [-0.4, -0.2) is 46.1 Å². The summed E-state index contributed by atoms with van der Waals surface area (Å²) >= 11 is 0. The Bertz CT molecular complexity index is 227. The van der Waals surface area contributed by atoms with Crippen molar-refractivity contribution in [2.45, 2.75) is 25.6 Å². The highest BCUT2D eigenvalue weighted by Crippen LogP contribution is 2.15. The predicted molar refractivity (Wildman–Crippen MR) is 50.4 cm³/mol. The Hall–Kier alpha value is -1.40. The van der Waals surface area contributed by atoms with Crippen LogP contribution in [0.2, 0.25) is 0 Å². The highest BCUT2D eigenvalue weighted by molar-refractivity contribution is 5.89. The number of aliphatic carboxylic acids is 2. The summed E-state index contributed by atoms with van der Waals surface area (Å²) in [6.45, 7) is 2.71. The molecule has 0 radical (unpaired) electrons. The quantitative estimate of drug-likeness (QED) is 0.448. The van der Waals surface area contributed by atoms with Gasteiger partial charge in [0, 0.05) is 12.2 Å². The number of carboxylic acid groups (broad SMARTS) is 2. The maximum Gasteiger partial charge on any atom is 0.328 e. The largest absolute Gasteiger partial charge is 0.478 e. The number of carboxylic acids is 2. The number of hydrogen-bond donors (Lipinski definition) is 3. The molecule has 1 rings (SSSR count). The molecule has 1 heterocycles. The van der Waals surface area contributed by atoms with Gasteiger partial charge in [0.15, 0.2) is 0 Å². The lowest BCUT2D eigenvalue weighted by Crippen LogP contribution is -2.11. The standard InChI is InChI=1S/C5H10O2.C4H4O4/c1-2-4(6)5-3-7-5;5-3(6)1-2-4(7)8/h4-6H,2-3H2,1H3;1-2H,(H,5,6)(H,7,8)/b;2-1+. The third kappa shape index (κ3) is 8.92. The summed E-state index contributed by atoms with van der Waals surface area (Å²) in [7, 11) is 0. The van der Waals surface area contributed by atoms with Crippen molar-refractivity contribution in [1.82, 2.24) is 0 Å². The van der Waals surface area contributed by atoms with Crippen LogP contribution in [0.25, 0.3) is 0 Å². The zero-order valence-corrected chi connectivity index (χ0v) is 8.29. The van der Waals surface area contributed by atoms with Gasteiger partial charge in [0.2, 0.25) is 0 Å². The van der Waals surface area contributed by atoms with Crippen LogP contribution in [0.3, 0.4) is 0 Å². The summed E-state index contributed by atoms with van der Waals surface area (Å²) < 4.78 is 4.81. The topological polar surface area (TPSA) is 107 Å². The monoisotopic (exact) mass is 218 g/mol. The zero-order chi connectivity index (χ0) is 11.8. The lowest BCUT2D eigenvalue weighted by Gasteiger charge is -1.98. The van der Waals surface area contributed by atoms with Crippen molar-refractivity contribution in [1.29, 1.82) is 0 Å². The van der Waals surface area contributed by atoms with Crippen molar-refractivity contribution in [3.8, 4) is 0 Å². The summed E-state index contributed by atoms with van der Waals surface area (Å²) in [5.41, 5.74) is 0. The summed E-state index contributed by atoms with van der Waals surface area (Å²) in [6.07, 6.45) is 1.89. The first-order chi connectivity index (χ1) is 6.97. The smallest absolute Gasteiger partial charge is 0.328 e. The van der Waals surface area contributed by atoms with E-state index in [1.807, 2.05) is 6.92 Å². The highest BCUT2D eigenvalue weighted by atomic mass is 16.6. The van der Waals surface area contributed by atoms with Crippen molar-refractivity contribution in [3.63, 3.8) is 0 Å². The van der Waals surface area contributed by atoms with Gasteiger partial charge in [-0.25, -0.2) is 9.59 Å². The Balaban J connectivity index is 0.000000262. The molecule has 1 aliphatic rings. The van der Waals surface area contributed by atoms with Crippen molar-refractivity contribution in [2.75, 3.05) is 6.61 Å². The van der Waals surface area contributed by atoms with Gasteiger partial charge in [-0.3, -0.25) is 0 Å². The first kappa shape index (κ1) is 13.6. The van der Waals surface area contributed by atoms with Gasteiger partial charge in [-0.05, 0) is 6.42 Å². The van der Waals surface area contributed by atoms with E-state index < -0.39 is 11.9 Å². The molecule has 86 valence electrons. The van der Waals surface area contributed by atoms with E-state index in [4.69, 9.17) is 20.1 Å². The van der Waals surface area contributed by atoms with Crippen LogP contribution >= 0.6 is 0 Å². The number of aliphatic hydroxyl groups is 1. The molecular formula is C9H14O6. The minimum absolute atomic E-state index is 0.171. The van der Waals surface area contributed by atoms with Crippen LogP contribution in [0.1, 0.15) is 13.3 Å². The van der Waals surface area contributed by atoms with Crippen LogP contribution < -0.4 is 0 Å². The van der Waals surface area contributed by atoms with E-state index in [1.54, 1.807) is 0 Å². The normalized spacial score (nSPS) is 20.3. The van der Waals surface area contributed by atoms with E-state index in [-0.39, 0.29) is 12.2 Å². The van der Waals surface area contributed by atoms with E-state index >= 15 is 0 Å². The van der Waals surface area contributed by atoms with Gasteiger partial charge < -0.3 is 20.1 Å². The Morgan fingerprint density at radius 2 is 1.80 bits per heavy atom. The molecule has 0 aromatic heterocycles. The summed E-state index contributed by atoms with van der Waals surface area (Å²) in [5, 5.41) is 24.5. The Labute approximate surface area is 86.8 Å². The lowest BCUT2D eigenvalue weighted by molar-refractivity contribution is -0.134. The molecule has 0 aliphatic carbocycles. The van der Waals surface area contributed by atoms with Crippen LogP contribution in [0.5, 0.6) is 0 Å². The molecule has 2 unspecified atom stereocenters. The molecule has 0 spiro atoms. The minimum atomic E-state index is -1.26. The third-order valence-corrected chi connectivity index (χ3v) is 1.58. The fourth-order valence-corrected chi connectivity index (χ4v) is 0.683. The van der Waals surface area contributed by atoms with E-state index in [0.717, 1.165) is 13.0 Å². The van der Waals surface area contributed by atoms with Gasteiger partial charge in [-0.2, -0.15) is 0 Å². The maximum absolute atomic E-state index is 9.55. The Kier molecular flexibility index (Phi) is 6.32. The Morgan fingerprint density at radius 1 is 1.40 bits per heavy atom. The molecule has 1 aliphatic heterocycles. The molecule has 2 atom stereocenters. The number of carbonyl (C=O) groups is 2. The van der Waals surface area contributed by atoms with Gasteiger partial charge in [-0.1, -0.05) is 6.92 Å². The van der Waals surface area contributed by atoms with Gasteiger partial charge in [0.1, 0.15) is 6.10 Å². The molecule has 1 saturated heterocycles. The first-order valence-corrected chi connectivity index (χ1v) is 4.41. The number of rotatable bonds is 4. The molecule has 6 nitrogen and oxygen atoms in total. The second kappa shape index (κ2) is 6.97. The second-order valence-electron chi connectivity index (χ2n) is 2.86. The second-order valence-corrected chi connectivity index (χ2v) is 2.86. The van der Waals surface area contributed by atoms with Crippen molar-refractivity contribution in [3.05, 3.63) is 12.2 Å². The van der Waals surface area contributed by atoms with Crippen LogP contribution in [0.15, 0.2) is 12.2 Å². The summed E-state index contributed by atoms with van der Waals surface area (Å²) in [6, 6.07) is 0. The molecule has 3 N–H and O–H groups in total. The molecule has 1 fully saturated rings. The molecule has 0 aromatic rings. The van der Waals surface area contributed by atoms with Gasteiger partial charge in [0.05, 0.1) is 12.7 Å². The number of hydrogen-bond acceptors (Lipinski definition) is 4. The van der Waals surface area contributed by atoms with Gasteiger partial charge >= 0.3 is 11.9 Å². The SMILES string of the molecule is CCC(O)C1CO1.O=C(O)/C=C/C(=O)O. The maximum atomic E-state index is 9.55. The summed E-state index contributed by atoms with van der Waals surface area (Å²) in [4.78, 5) is 19.1. The fraction of sp³-hybridized carbons (Fsp3) is 0.556. The third-order valence-electron chi connectivity index (χ3n) is 1.58. The first-order valence-electron chi connectivity index (χ1n) is 4.41. The average molecular weight is 218 g/mol. The molecule has 0 amide bonds. The van der Waals surface area contributed by atoms with E-state index in [9.17, 15) is 9.59 Å². The average Bonchev–Trinajstić information content (AvgIpc) is 2.97. The molecule has 6 heteroatoms. The molecule has 0 bridgehead atoms. The summed E-state index contributed by atoms with van der Waals surface area (Å²) in [5.74, 6) is -2.51. The van der Waals surface area contributed by atoms with Crippen molar-refractivity contribution in [2.24, 2.45) is 0 Å². The van der Waals surface area contributed by atoms with Crippen LogP contribution in [0, 0.1) is 0 Å². The van der Waals surface area contributed by atoms with Gasteiger partial charge in [0.25, 0.3) is 0 Å². The molecule has 15 heavy (non-hydrogen) atoms. The van der Waals surface area contributed by atoms with Crippen molar-refractivity contribution < 1.29 is 29.6 Å². The number of aliphatic hydroxyl groups excluding tert-OH is 1. The lowest BCUT2D eigenvalue weighted by atomic mass is 10.2. The van der Waals surface area contributed by atoms with Crippen molar-refractivity contribution >= 4 is 11.9 Å². The molecular weight excluding hydrogens is 204 g/mol. The van der Waals surface area contributed by atoms with Gasteiger partial charge in [-0.15, -0.1) is 0 Å².